The molecule has 4 aromatic heterocycles. The zero-order valence-electron chi connectivity index (χ0n) is 25.3. The molecule has 1 aromatic carbocycles. The maximum Gasteiger partial charge on any atom is 0.342 e. The average molecular weight is 622 g/mol. The van der Waals surface area contributed by atoms with Crippen molar-refractivity contribution in [1.82, 2.24) is 24.7 Å². The number of benzene rings is 1. The summed E-state index contributed by atoms with van der Waals surface area (Å²) in [5.41, 5.74) is 4.10. The molecule has 0 unspecified atom stereocenters. The maximum atomic E-state index is 13.0. The minimum absolute atomic E-state index is 0.0505. The van der Waals surface area contributed by atoms with E-state index in [1.54, 1.807) is 29.9 Å². The van der Waals surface area contributed by atoms with Gasteiger partial charge in [0, 0.05) is 29.6 Å². The predicted molar refractivity (Wildman–Crippen MR) is 174 cm³/mol. The van der Waals surface area contributed by atoms with Gasteiger partial charge >= 0.3 is 5.97 Å². The van der Waals surface area contributed by atoms with Gasteiger partial charge in [0.1, 0.15) is 11.4 Å². The van der Waals surface area contributed by atoms with Gasteiger partial charge in [-0.2, -0.15) is 5.10 Å². The van der Waals surface area contributed by atoms with E-state index in [9.17, 15) is 9.90 Å². The molecule has 45 heavy (non-hydrogen) atoms. The zero-order chi connectivity index (χ0) is 30.7. The van der Waals surface area contributed by atoms with Gasteiger partial charge in [0.25, 0.3) is 0 Å². The van der Waals surface area contributed by atoms with Crippen LogP contribution >= 0.6 is 11.3 Å². The van der Waals surface area contributed by atoms with E-state index >= 15 is 0 Å². The molecular formula is C34H35N7O3S. The van der Waals surface area contributed by atoms with Crippen molar-refractivity contribution in [2.24, 2.45) is 23.2 Å². The van der Waals surface area contributed by atoms with Crippen LogP contribution < -0.4 is 10.6 Å². The molecule has 4 aliphatic rings. The molecule has 0 radical (unpaired) electrons. The number of ether oxygens (including phenoxy) is 1. The van der Waals surface area contributed by atoms with Crippen LogP contribution in [-0.2, 0) is 11.3 Å². The Labute approximate surface area is 264 Å². The van der Waals surface area contributed by atoms with Crippen LogP contribution in [0.1, 0.15) is 54.6 Å². The highest BCUT2D eigenvalue weighted by atomic mass is 32.1. The van der Waals surface area contributed by atoms with Crippen LogP contribution in [0.4, 0.5) is 22.5 Å². The molecule has 0 aliphatic heterocycles. The number of hydrogen-bond acceptors (Lipinski definition) is 10. The number of pyridine rings is 2. The number of nitrogens with one attached hydrogen (secondary N) is 2. The van der Waals surface area contributed by atoms with Crippen molar-refractivity contribution in [2.45, 2.75) is 52.0 Å². The lowest BCUT2D eigenvalue weighted by molar-refractivity contribution is -0.0638. The first-order valence-corrected chi connectivity index (χ1v) is 16.4. The molecule has 10 nitrogen and oxygen atoms in total. The molecule has 4 saturated carbocycles. The monoisotopic (exact) mass is 621 g/mol. The lowest BCUT2D eigenvalue weighted by atomic mass is 9.49. The molecule has 3 N–H and O–H groups in total. The van der Waals surface area contributed by atoms with Crippen LogP contribution in [-0.4, -0.2) is 42.9 Å². The van der Waals surface area contributed by atoms with E-state index in [0.717, 1.165) is 50.9 Å². The van der Waals surface area contributed by atoms with Gasteiger partial charge in [0.2, 0.25) is 0 Å². The third kappa shape index (κ3) is 5.08. The minimum atomic E-state index is -0.644. The molecule has 4 fully saturated rings. The molecule has 9 rings (SSSR count). The molecule has 230 valence electrons. The second kappa shape index (κ2) is 10.8. The Morgan fingerprint density at radius 1 is 1.00 bits per heavy atom. The number of esters is 1. The Balaban J connectivity index is 1.03. The number of aromatic nitrogens is 5. The van der Waals surface area contributed by atoms with E-state index in [2.05, 4.69) is 30.3 Å². The molecule has 0 saturated heterocycles. The second-order valence-electron chi connectivity index (χ2n) is 13.1. The summed E-state index contributed by atoms with van der Waals surface area (Å²) in [6.07, 6.45) is 13.1. The number of fused-ring (bicyclic) bond motifs is 1. The first kappa shape index (κ1) is 28.0. The fourth-order valence-corrected chi connectivity index (χ4v) is 9.36. The maximum absolute atomic E-state index is 13.0. The van der Waals surface area contributed by atoms with Crippen molar-refractivity contribution >= 4 is 50.0 Å². The largest absolute Gasteiger partial charge is 0.504 e. The average Bonchev–Trinajstić information content (AvgIpc) is 3.60. The minimum Gasteiger partial charge on any atom is -0.504 e. The molecule has 4 bridgehead atoms. The standard InChI is InChI=1S/C34H35N7O3S/c1-19-24(17-37-41(19)18-34-12-20-9-21(13-34)11-22(10-20)14-34)25-16-36-31(30(42)29(25)32(43)44-2)38-23-7-8-28(35-15-23)40-33-39-26-5-3-4-6-27(26)45-33/h3-8,15-17,20-22,42H,9-14,18H2,1-2H3,(H,36,38)(H,35,39,40). The summed E-state index contributed by atoms with van der Waals surface area (Å²) < 4.78 is 8.30. The summed E-state index contributed by atoms with van der Waals surface area (Å²) in [6, 6.07) is 11.6. The molecule has 0 amide bonds. The van der Waals surface area contributed by atoms with Crippen molar-refractivity contribution in [2.75, 3.05) is 17.7 Å². The van der Waals surface area contributed by atoms with Crippen LogP contribution in [0.3, 0.4) is 0 Å². The third-order valence-electron chi connectivity index (χ3n) is 10.0. The van der Waals surface area contributed by atoms with Crippen molar-refractivity contribution < 1.29 is 14.6 Å². The molecule has 11 heteroatoms. The van der Waals surface area contributed by atoms with Crippen LogP contribution in [0.5, 0.6) is 5.75 Å². The number of rotatable bonds is 8. The van der Waals surface area contributed by atoms with Gasteiger partial charge in [-0.3, -0.25) is 4.68 Å². The number of methoxy groups -OCH3 is 1. The zero-order valence-corrected chi connectivity index (χ0v) is 26.1. The number of aromatic hydroxyl groups is 1. The van der Waals surface area contributed by atoms with E-state index < -0.39 is 5.97 Å². The molecule has 5 aromatic rings. The highest BCUT2D eigenvalue weighted by molar-refractivity contribution is 7.22. The Morgan fingerprint density at radius 2 is 1.76 bits per heavy atom. The van der Waals surface area contributed by atoms with E-state index in [1.165, 1.54) is 45.6 Å². The molecule has 4 aliphatic carbocycles. The highest BCUT2D eigenvalue weighted by Gasteiger charge is 2.51. The summed E-state index contributed by atoms with van der Waals surface area (Å²) in [7, 11) is 1.31. The van der Waals surface area contributed by atoms with Gasteiger partial charge in [-0.25, -0.2) is 19.7 Å². The third-order valence-corrected chi connectivity index (χ3v) is 11.0. The topological polar surface area (TPSA) is 127 Å². The van der Waals surface area contributed by atoms with E-state index in [-0.39, 0.29) is 17.1 Å². The summed E-state index contributed by atoms with van der Waals surface area (Å²) in [5, 5.41) is 23.2. The van der Waals surface area contributed by atoms with Gasteiger partial charge in [-0.05, 0) is 92.9 Å². The number of carbonyl (C=O) groups is 1. The summed E-state index contributed by atoms with van der Waals surface area (Å²) >= 11 is 1.55. The molecular weight excluding hydrogens is 586 g/mol. The Bertz CT molecular complexity index is 1850. The number of para-hydroxylation sites is 1. The van der Waals surface area contributed by atoms with Crippen LogP contribution in [0.25, 0.3) is 21.3 Å². The second-order valence-corrected chi connectivity index (χ2v) is 14.2. The first-order valence-electron chi connectivity index (χ1n) is 15.5. The number of nitrogens with zero attached hydrogens (tertiary/aromatic N) is 5. The highest BCUT2D eigenvalue weighted by Crippen LogP contribution is 2.60. The van der Waals surface area contributed by atoms with Crippen molar-refractivity contribution in [3.05, 3.63) is 66.2 Å². The normalized spacial score (nSPS) is 23.4. The predicted octanol–water partition coefficient (Wildman–Crippen LogP) is 7.45. The fraction of sp³-hybridized carbons (Fsp3) is 0.382. The molecule has 0 spiro atoms. The van der Waals surface area contributed by atoms with Gasteiger partial charge in [0.05, 0.1) is 35.4 Å². The van der Waals surface area contributed by atoms with E-state index in [4.69, 9.17) is 9.84 Å². The lowest BCUT2D eigenvalue weighted by Crippen LogP contribution is -2.48. The first-order chi connectivity index (χ1) is 21.9. The quantitative estimate of drug-likeness (QED) is 0.151. The lowest BCUT2D eigenvalue weighted by Gasteiger charge is -2.56. The van der Waals surface area contributed by atoms with E-state index in [0.29, 0.717) is 22.5 Å². The molecule has 0 atom stereocenters. The Kier molecular flexibility index (Phi) is 6.74. The van der Waals surface area contributed by atoms with Crippen LogP contribution in [0, 0.1) is 30.1 Å². The molecule has 4 heterocycles. The van der Waals surface area contributed by atoms with Gasteiger partial charge < -0.3 is 20.5 Å². The Morgan fingerprint density at radius 3 is 2.44 bits per heavy atom. The number of thiazole rings is 1. The SMILES string of the molecule is COC(=O)c1c(-c2cnn(CC34CC5CC(CC(C5)C3)C4)c2C)cnc(Nc2ccc(Nc3nc4ccccc4s3)nc2)c1O. The summed E-state index contributed by atoms with van der Waals surface area (Å²) in [4.78, 5) is 26.6. The summed E-state index contributed by atoms with van der Waals surface area (Å²) in [5.74, 6) is 2.41. The van der Waals surface area contributed by atoms with Gasteiger partial charge in [-0.15, -0.1) is 0 Å². The van der Waals surface area contributed by atoms with Crippen molar-refractivity contribution in [1.29, 1.82) is 0 Å². The fourth-order valence-electron chi connectivity index (χ4n) is 8.49. The van der Waals surface area contributed by atoms with Crippen LogP contribution in [0.2, 0.25) is 0 Å². The number of anilines is 4. The number of hydrogen-bond donors (Lipinski definition) is 3. The van der Waals surface area contributed by atoms with Gasteiger partial charge in [-0.1, -0.05) is 23.5 Å². The smallest absolute Gasteiger partial charge is 0.342 e. The number of carbonyl (C=O) groups excluding carboxylic acids is 1. The van der Waals surface area contributed by atoms with Crippen LogP contribution in [0.15, 0.2) is 55.0 Å². The summed E-state index contributed by atoms with van der Waals surface area (Å²) in [6.45, 7) is 2.93. The van der Waals surface area contributed by atoms with E-state index in [1.807, 2.05) is 43.3 Å². The van der Waals surface area contributed by atoms with Crippen molar-refractivity contribution in [3.63, 3.8) is 0 Å². The van der Waals surface area contributed by atoms with Gasteiger partial charge in [0.15, 0.2) is 16.7 Å². The Hall–Kier alpha value is -4.51. The van der Waals surface area contributed by atoms with Crippen molar-refractivity contribution in [3.8, 4) is 16.9 Å².